The van der Waals surface area contributed by atoms with E-state index in [2.05, 4.69) is 33.0 Å². The van der Waals surface area contributed by atoms with Crippen LogP contribution in [0.4, 0.5) is 16.2 Å². The fraction of sp³-hybridized carbons (Fsp3) is 0.300. The van der Waals surface area contributed by atoms with Crippen LogP contribution >= 0.6 is 0 Å². The predicted molar refractivity (Wildman–Crippen MR) is 107 cm³/mol. The molecule has 0 atom stereocenters. The van der Waals surface area contributed by atoms with Crippen molar-refractivity contribution in [2.45, 2.75) is 6.54 Å². The van der Waals surface area contributed by atoms with Gasteiger partial charge in [0.2, 0.25) is 5.91 Å². The molecule has 0 bridgehead atoms. The first-order chi connectivity index (χ1) is 13.1. The van der Waals surface area contributed by atoms with Crippen LogP contribution in [0.25, 0.3) is 0 Å². The van der Waals surface area contributed by atoms with Crippen LogP contribution in [0.15, 0.2) is 54.6 Å². The van der Waals surface area contributed by atoms with E-state index >= 15 is 0 Å². The van der Waals surface area contributed by atoms with E-state index in [4.69, 9.17) is 4.74 Å². The van der Waals surface area contributed by atoms with E-state index in [0.717, 1.165) is 17.9 Å². The van der Waals surface area contributed by atoms with Gasteiger partial charge in [0.05, 0.1) is 24.5 Å². The van der Waals surface area contributed by atoms with E-state index in [1.807, 2.05) is 49.5 Å². The van der Waals surface area contributed by atoms with E-state index in [-0.39, 0.29) is 6.54 Å². The third kappa shape index (κ3) is 6.99. The number of carbonyl (C=O) groups is 2. The van der Waals surface area contributed by atoms with Crippen molar-refractivity contribution in [1.29, 1.82) is 0 Å². The average molecular weight is 370 g/mol. The highest BCUT2D eigenvalue weighted by atomic mass is 16.5. The van der Waals surface area contributed by atoms with E-state index < -0.39 is 11.9 Å². The standard InChI is InChI=1S/C20H26N4O3/c1-24(15-16-8-4-3-5-9-16)18-11-7-6-10-17(18)22-14-19(25)23-20(26)21-12-13-27-2/h3-11,22H,12-15H2,1-2H3,(H2,21,23,25,26). The molecule has 0 aromatic heterocycles. The maximum atomic E-state index is 12.0. The molecule has 0 aliphatic carbocycles. The molecule has 2 rings (SSSR count). The number of para-hydroxylation sites is 2. The highest BCUT2D eigenvalue weighted by molar-refractivity contribution is 5.96. The maximum Gasteiger partial charge on any atom is 0.321 e. The zero-order valence-electron chi connectivity index (χ0n) is 15.7. The minimum atomic E-state index is -0.534. The minimum Gasteiger partial charge on any atom is -0.383 e. The normalized spacial score (nSPS) is 10.1. The van der Waals surface area contributed by atoms with E-state index in [1.165, 1.54) is 5.56 Å². The van der Waals surface area contributed by atoms with Crippen molar-refractivity contribution in [3.63, 3.8) is 0 Å². The molecule has 7 heteroatoms. The number of methoxy groups -OCH3 is 1. The number of imide groups is 1. The van der Waals surface area contributed by atoms with Crippen molar-refractivity contribution < 1.29 is 14.3 Å². The number of nitrogens with one attached hydrogen (secondary N) is 3. The molecule has 0 saturated heterocycles. The van der Waals surface area contributed by atoms with Crippen molar-refractivity contribution in [2.75, 3.05) is 44.1 Å². The molecule has 0 saturated carbocycles. The maximum absolute atomic E-state index is 12.0. The fourth-order valence-electron chi connectivity index (χ4n) is 2.56. The molecule has 0 spiro atoms. The lowest BCUT2D eigenvalue weighted by Gasteiger charge is -2.23. The van der Waals surface area contributed by atoms with Crippen LogP contribution in [-0.2, 0) is 16.1 Å². The summed E-state index contributed by atoms with van der Waals surface area (Å²) < 4.78 is 4.84. The van der Waals surface area contributed by atoms with Crippen molar-refractivity contribution in [3.05, 3.63) is 60.2 Å². The SMILES string of the molecule is COCCNC(=O)NC(=O)CNc1ccccc1N(C)Cc1ccccc1. The molecule has 7 nitrogen and oxygen atoms in total. The molecule has 0 fully saturated rings. The van der Waals surface area contributed by atoms with Gasteiger partial charge in [0, 0.05) is 27.2 Å². The first-order valence-corrected chi connectivity index (χ1v) is 8.74. The monoisotopic (exact) mass is 370 g/mol. The molecule has 0 aliphatic heterocycles. The first-order valence-electron chi connectivity index (χ1n) is 8.74. The van der Waals surface area contributed by atoms with Gasteiger partial charge in [-0.2, -0.15) is 0 Å². The van der Waals surface area contributed by atoms with Gasteiger partial charge < -0.3 is 20.3 Å². The second kappa shape index (κ2) is 10.8. The summed E-state index contributed by atoms with van der Waals surface area (Å²) in [5, 5.41) is 7.91. The summed E-state index contributed by atoms with van der Waals surface area (Å²) >= 11 is 0. The van der Waals surface area contributed by atoms with E-state index in [0.29, 0.717) is 13.2 Å². The number of carbonyl (C=O) groups excluding carboxylic acids is 2. The molecule has 0 radical (unpaired) electrons. The lowest BCUT2D eigenvalue weighted by molar-refractivity contribution is -0.118. The Balaban J connectivity index is 1.89. The summed E-state index contributed by atoms with van der Waals surface area (Å²) in [4.78, 5) is 25.6. The van der Waals surface area contributed by atoms with Crippen LogP contribution in [0.5, 0.6) is 0 Å². The summed E-state index contributed by atoms with van der Waals surface area (Å²) in [6.07, 6.45) is 0. The molecule has 144 valence electrons. The number of urea groups is 1. The number of rotatable bonds is 9. The fourth-order valence-corrected chi connectivity index (χ4v) is 2.56. The molecule has 2 aromatic carbocycles. The predicted octanol–water partition coefficient (Wildman–Crippen LogP) is 2.21. The summed E-state index contributed by atoms with van der Waals surface area (Å²) in [6.45, 7) is 1.47. The van der Waals surface area contributed by atoms with Crippen LogP contribution in [-0.4, -0.2) is 45.8 Å². The van der Waals surface area contributed by atoms with Gasteiger partial charge in [-0.3, -0.25) is 10.1 Å². The lowest BCUT2D eigenvalue weighted by atomic mass is 10.2. The molecule has 27 heavy (non-hydrogen) atoms. The van der Waals surface area contributed by atoms with Crippen molar-refractivity contribution in [3.8, 4) is 0 Å². The third-order valence-corrected chi connectivity index (χ3v) is 3.86. The molecular formula is C20H26N4O3. The highest BCUT2D eigenvalue weighted by Gasteiger charge is 2.10. The number of anilines is 2. The van der Waals surface area contributed by atoms with Crippen LogP contribution < -0.4 is 20.9 Å². The number of benzene rings is 2. The van der Waals surface area contributed by atoms with Crippen LogP contribution in [0.2, 0.25) is 0 Å². The molecule has 0 heterocycles. The van der Waals surface area contributed by atoms with Gasteiger partial charge in [-0.1, -0.05) is 42.5 Å². The third-order valence-electron chi connectivity index (χ3n) is 3.86. The molecule has 0 unspecified atom stereocenters. The lowest BCUT2D eigenvalue weighted by Crippen LogP contribution is -2.43. The Labute approximate surface area is 159 Å². The molecule has 2 aromatic rings. The number of hydrogen-bond donors (Lipinski definition) is 3. The first kappa shape index (κ1) is 20.3. The van der Waals surface area contributed by atoms with Gasteiger partial charge in [0.25, 0.3) is 0 Å². The zero-order chi connectivity index (χ0) is 19.5. The Morgan fingerprint density at radius 2 is 1.74 bits per heavy atom. The summed E-state index contributed by atoms with van der Waals surface area (Å²) in [5.41, 5.74) is 2.99. The number of hydrogen-bond acceptors (Lipinski definition) is 5. The molecule has 3 N–H and O–H groups in total. The smallest absolute Gasteiger partial charge is 0.321 e. The molecular weight excluding hydrogens is 344 g/mol. The Morgan fingerprint density at radius 1 is 1.04 bits per heavy atom. The molecule has 0 aliphatic rings. The van der Waals surface area contributed by atoms with Gasteiger partial charge in [0.1, 0.15) is 0 Å². The zero-order valence-corrected chi connectivity index (χ0v) is 15.7. The van der Waals surface area contributed by atoms with Gasteiger partial charge in [-0.15, -0.1) is 0 Å². The van der Waals surface area contributed by atoms with Gasteiger partial charge >= 0.3 is 6.03 Å². The van der Waals surface area contributed by atoms with Crippen LogP contribution in [0.1, 0.15) is 5.56 Å². The quantitative estimate of drug-likeness (QED) is 0.590. The largest absolute Gasteiger partial charge is 0.383 e. The summed E-state index contributed by atoms with van der Waals surface area (Å²) in [6, 6.07) is 17.4. The van der Waals surface area contributed by atoms with Crippen molar-refractivity contribution >= 4 is 23.3 Å². The molecule has 3 amide bonds. The minimum absolute atomic E-state index is 0.00606. The van der Waals surface area contributed by atoms with Gasteiger partial charge in [-0.25, -0.2) is 4.79 Å². The van der Waals surface area contributed by atoms with Crippen LogP contribution in [0, 0.1) is 0 Å². The number of ether oxygens (including phenoxy) is 1. The second-order valence-electron chi connectivity index (χ2n) is 6.01. The second-order valence-corrected chi connectivity index (χ2v) is 6.01. The van der Waals surface area contributed by atoms with Crippen molar-refractivity contribution in [1.82, 2.24) is 10.6 Å². The number of nitrogens with zero attached hydrogens (tertiary/aromatic N) is 1. The highest BCUT2D eigenvalue weighted by Crippen LogP contribution is 2.25. The number of amides is 3. The van der Waals surface area contributed by atoms with E-state index in [1.54, 1.807) is 7.11 Å². The topological polar surface area (TPSA) is 82.7 Å². The Kier molecular flexibility index (Phi) is 8.12. The Bertz CT molecular complexity index is 737. The van der Waals surface area contributed by atoms with Crippen molar-refractivity contribution in [2.24, 2.45) is 0 Å². The Hall–Kier alpha value is -3.06. The summed E-state index contributed by atoms with van der Waals surface area (Å²) in [7, 11) is 3.54. The Morgan fingerprint density at radius 3 is 2.48 bits per heavy atom. The van der Waals surface area contributed by atoms with Gasteiger partial charge in [0.15, 0.2) is 0 Å². The van der Waals surface area contributed by atoms with Gasteiger partial charge in [-0.05, 0) is 17.7 Å². The average Bonchev–Trinajstić information content (AvgIpc) is 2.67. The van der Waals surface area contributed by atoms with E-state index in [9.17, 15) is 9.59 Å². The van der Waals surface area contributed by atoms with Crippen LogP contribution in [0.3, 0.4) is 0 Å². The summed E-state index contributed by atoms with van der Waals surface area (Å²) in [5.74, 6) is -0.412.